The van der Waals surface area contributed by atoms with Gasteiger partial charge in [-0.2, -0.15) is 0 Å². The van der Waals surface area contributed by atoms with Crippen LogP contribution in [0.1, 0.15) is 17.0 Å². The van der Waals surface area contributed by atoms with Gasteiger partial charge in [0.05, 0.1) is 19.4 Å². The molecule has 0 aliphatic carbocycles. The Kier molecular flexibility index (Phi) is 5.99. The number of nitrogens with zero attached hydrogens (tertiary/aromatic N) is 1. The second-order valence-electron chi connectivity index (χ2n) is 6.77. The number of methoxy groups -OCH3 is 1. The fourth-order valence-corrected chi connectivity index (χ4v) is 3.20. The van der Waals surface area contributed by atoms with Gasteiger partial charge >= 0.3 is 0 Å². The highest BCUT2D eigenvalue weighted by atomic mass is 32.1. The molecule has 0 saturated carbocycles. The summed E-state index contributed by atoms with van der Waals surface area (Å²) in [4.78, 5) is 16.2. The lowest BCUT2D eigenvalue weighted by Crippen LogP contribution is -2.18. The zero-order valence-corrected chi connectivity index (χ0v) is 17.8. The van der Waals surface area contributed by atoms with Crippen molar-refractivity contribution in [2.75, 3.05) is 13.7 Å². The number of ether oxygens (including phenoxy) is 3. The average molecular weight is 436 g/mol. The van der Waals surface area contributed by atoms with Crippen LogP contribution in [0.4, 0.5) is 0 Å². The lowest BCUT2D eigenvalue weighted by Gasteiger charge is -2.05. The van der Waals surface area contributed by atoms with Crippen LogP contribution in [-0.2, 0) is 16.0 Å². The van der Waals surface area contributed by atoms with E-state index in [2.05, 4.69) is 10.3 Å². The highest BCUT2D eigenvalue weighted by Gasteiger charge is 2.22. The first-order chi connectivity index (χ1) is 15.0. The number of carbonyl (C=O) groups is 1. The summed E-state index contributed by atoms with van der Waals surface area (Å²) in [5, 5.41) is 2.49. The van der Waals surface area contributed by atoms with E-state index in [9.17, 15) is 4.79 Å². The van der Waals surface area contributed by atoms with Gasteiger partial charge in [-0.3, -0.25) is 10.1 Å². The van der Waals surface area contributed by atoms with Crippen molar-refractivity contribution in [1.29, 1.82) is 0 Å². The van der Waals surface area contributed by atoms with Gasteiger partial charge in [0.2, 0.25) is 5.89 Å². The second-order valence-corrected chi connectivity index (χ2v) is 7.14. The molecule has 1 aliphatic rings. The van der Waals surface area contributed by atoms with E-state index in [0.29, 0.717) is 24.7 Å². The number of hydrogen-bond donors (Lipinski definition) is 1. The van der Waals surface area contributed by atoms with Crippen LogP contribution in [-0.4, -0.2) is 29.8 Å². The summed E-state index contributed by atoms with van der Waals surface area (Å²) >= 11 is 4.81. The first-order valence-corrected chi connectivity index (χ1v) is 10.0. The molecular formula is C23H20N2O5S. The van der Waals surface area contributed by atoms with Crippen LogP contribution in [0.3, 0.4) is 0 Å². The van der Waals surface area contributed by atoms with Crippen LogP contribution >= 0.6 is 12.2 Å². The van der Waals surface area contributed by atoms with Crippen molar-refractivity contribution in [3.05, 3.63) is 71.3 Å². The number of nitrogens with one attached hydrogen (secondary N) is 1. The Labute approximate surface area is 184 Å². The van der Waals surface area contributed by atoms with E-state index >= 15 is 0 Å². The van der Waals surface area contributed by atoms with Crippen LogP contribution in [0.2, 0.25) is 0 Å². The summed E-state index contributed by atoms with van der Waals surface area (Å²) in [5.74, 6) is 2.67. The Morgan fingerprint density at radius 1 is 1.10 bits per heavy atom. The summed E-state index contributed by atoms with van der Waals surface area (Å²) in [6.07, 6.45) is 2.24. The maximum absolute atomic E-state index is 11.6. The number of amides is 1. The molecule has 1 fully saturated rings. The molecule has 1 saturated heterocycles. The van der Waals surface area contributed by atoms with Crippen molar-refractivity contribution >= 4 is 29.4 Å². The molecule has 0 bridgehead atoms. The predicted molar refractivity (Wildman–Crippen MR) is 119 cm³/mol. The Morgan fingerprint density at radius 3 is 2.45 bits per heavy atom. The largest absolute Gasteiger partial charge is 0.497 e. The van der Waals surface area contributed by atoms with E-state index in [0.717, 1.165) is 28.3 Å². The van der Waals surface area contributed by atoms with Crippen molar-refractivity contribution in [2.24, 2.45) is 0 Å². The minimum Gasteiger partial charge on any atom is -0.497 e. The quantitative estimate of drug-likeness (QED) is 0.442. The number of benzene rings is 2. The van der Waals surface area contributed by atoms with E-state index < -0.39 is 0 Å². The third kappa shape index (κ3) is 4.92. The zero-order chi connectivity index (χ0) is 21.8. The minimum atomic E-state index is -0.345. The lowest BCUT2D eigenvalue weighted by atomic mass is 10.2. The number of aryl methyl sites for hydroxylation is 1. The topological polar surface area (TPSA) is 82.8 Å². The summed E-state index contributed by atoms with van der Waals surface area (Å²) in [6.45, 7) is 2.35. The van der Waals surface area contributed by atoms with Gasteiger partial charge in [0.25, 0.3) is 11.1 Å². The standard InChI is InChI=1S/C23H20N2O5S/c1-14-19(24-22(29-14)16-5-9-17(27-2)10-6-16)11-12-28-18-7-3-15(4-8-18)13-20-21(26)25-23(31)30-20/h3-10,13H,11-12H2,1-2H3,(H,25,26,31). The number of hydrogen-bond acceptors (Lipinski definition) is 7. The molecule has 2 aromatic carbocycles. The molecule has 4 rings (SSSR count). The zero-order valence-electron chi connectivity index (χ0n) is 17.0. The molecular weight excluding hydrogens is 416 g/mol. The number of carbonyl (C=O) groups excluding carboxylic acids is 1. The predicted octanol–water partition coefficient (Wildman–Crippen LogP) is 4.05. The van der Waals surface area contributed by atoms with Gasteiger partial charge in [-0.1, -0.05) is 12.1 Å². The summed E-state index contributed by atoms with van der Waals surface area (Å²) in [7, 11) is 1.63. The molecule has 8 heteroatoms. The molecule has 7 nitrogen and oxygen atoms in total. The fourth-order valence-electron chi connectivity index (χ4n) is 3.02. The first kappa shape index (κ1) is 20.6. The van der Waals surface area contributed by atoms with Crippen molar-refractivity contribution in [2.45, 2.75) is 13.3 Å². The molecule has 1 amide bonds. The van der Waals surface area contributed by atoms with Gasteiger partial charge in [0.15, 0.2) is 5.76 Å². The Bertz CT molecular complexity index is 1130. The summed E-state index contributed by atoms with van der Waals surface area (Å²) in [6, 6.07) is 14.9. The van der Waals surface area contributed by atoms with Gasteiger partial charge in [-0.05, 0) is 67.2 Å². The van der Waals surface area contributed by atoms with Gasteiger partial charge in [-0.25, -0.2) is 4.98 Å². The SMILES string of the molecule is COc1ccc(-c2nc(CCOc3ccc(C=C4OC(=S)NC4=O)cc3)c(C)o2)cc1. The van der Waals surface area contributed by atoms with Gasteiger partial charge in [0.1, 0.15) is 17.3 Å². The minimum absolute atomic E-state index is 0.0644. The molecule has 0 radical (unpaired) electrons. The summed E-state index contributed by atoms with van der Waals surface area (Å²) < 4.78 is 22.0. The maximum Gasteiger partial charge on any atom is 0.294 e. The van der Waals surface area contributed by atoms with Crippen molar-refractivity contribution in [3.63, 3.8) is 0 Å². The lowest BCUT2D eigenvalue weighted by molar-refractivity contribution is -0.116. The number of rotatable bonds is 7. The molecule has 0 atom stereocenters. The van der Waals surface area contributed by atoms with Crippen LogP contribution in [0.5, 0.6) is 11.5 Å². The van der Waals surface area contributed by atoms with Gasteiger partial charge < -0.3 is 18.6 Å². The van der Waals surface area contributed by atoms with Crippen molar-refractivity contribution < 1.29 is 23.4 Å². The maximum atomic E-state index is 11.6. The molecule has 0 spiro atoms. The van der Waals surface area contributed by atoms with E-state index in [1.165, 1.54) is 0 Å². The van der Waals surface area contributed by atoms with Crippen molar-refractivity contribution in [3.8, 4) is 23.0 Å². The van der Waals surface area contributed by atoms with Crippen LogP contribution in [0, 0.1) is 6.92 Å². The number of aromatic nitrogens is 1. The molecule has 1 N–H and O–H groups in total. The van der Waals surface area contributed by atoms with Gasteiger partial charge in [0, 0.05) is 12.0 Å². The van der Waals surface area contributed by atoms with Gasteiger partial charge in [-0.15, -0.1) is 0 Å². The molecule has 1 aliphatic heterocycles. The third-order valence-corrected chi connectivity index (χ3v) is 4.84. The number of oxazole rings is 1. The Balaban J connectivity index is 1.34. The smallest absolute Gasteiger partial charge is 0.294 e. The Morgan fingerprint density at radius 2 is 1.81 bits per heavy atom. The second kappa shape index (κ2) is 9.01. The normalized spacial score (nSPS) is 14.5. The van der Waals surface area contributed by atoms with Crippen LogP contribution in [0.15, 0.2) is 58.7 Å². The van der Waals surface area contributed by atoms with Crippen molar-refractivity contribution in [1.82, 2.24) is 10.3 Å². The third-order valence-electron chi connectivity index (χ3n) is 4.66. The first-order valence-electron chi connectivity index (χ1n) is 9.60. The molecule has 158 valence electrons. The highest BCUT2D eigenvalue weighted by Crippen LogP contribution is 2.24. The molecule has 31 heavy (non-hydrogen) atoms. The van der Waals surface area contributed by atoms with E-state index in [-0.39, 0.29) is 16.8 Å². The Hall–Kier alpha value is -3.65. The molecule has 2 heterocycles. The fraction of sp³-hybridized carbons (Fsp3) is 0.174. The van der Waals surface area contributed by atoms with Crippen LogP contribution in [0.25, 0.3) is 17.5 Å². The van der Waals surface area contributed by atoms with E-state index in [4.69, 9.17) is 30.8 Å². The number of thiocarbonyl (C=S) groups is 1. The molecule has 0 unspecified atom stereocenters. The highest BCUT2D eigenvalue weighted by molar-refractivity contribution is 7.80. The monoisotopic (exact) mass is 436 g/mol. The van der Waals surface area contributed by atoms with Crippen LogP contribution < -0.4 is 14.8 Å². The van der Waals surface area contributed by atoms with E-state index in [1.807, 2.05) is 55.5 Å². The van der Waals surface area contributed by atoms with E-state index in [1.54, 1.807) is 13.2 Å². The summed E-state index contributed by atoms with van der Waals surface area (Å²) in [5.41, 5.74) is 2.55. The average Bonchev–Trinajstić information content (AvgIpc) is 3.30. The molecule has 3 aromatic rings. The molecule has 1 aromatic heterocycles.